The van der Waals surface area contributed by atoms with Gasteiger partial charge in [-0.15, -0.1) is 0 Å². The van der Waals surface area contributed by atoms with Crippen molar-refractivity contribution in [2.24, 2.45) is 35.0 Å². The van der Waals surface area contributed by atoms with E-state index >= 15 is 0 Å². The van der Waals surface area contributed by atoms with Crippen molar-refractivity contribution in [1.82, 2.24) is 26.3 Å². The number of aromatic nitrogens is 1. The topological polar surface area (TPSA) is 227 Å². The predicted octanol–water partition coefficient (Wildman–Crippen LogP) is 4.96. The van der Waals surface area contributed by atoms with Gasteiger partial charge in [0.05, 0.1) is 0 Å². The first kappa shape index (κ1) is 45.2. The van der Waals surface area contributed by atoms with Gasteiger partial charge in [-0.2, -0.15) is 0 Å². The number of carbonyl (C=O) groups is 5. The molecule has 0 aliphatic rings. The van der Waals surface area contributed by atoms with Gasteiger partial charge in [0.2, 0.25) is 5.91 Å². The molecule has 13 heteroatoms. The van der Waals surface area contributed by atoms with E-state index in [2.05, 4.69) is 26.3 Å². The second-order valence-corrected chi connectivity index (χ2v) is 14.8. The van der Waals surface area contributed by atoms with Crippen LogP contribution in [0.1, 0.15) is 116 Å². The number of benzene rings is 1. The zero-order valence-corrected chi connectivity index (χ0v) is 32.5. The number of primary amides is 1. The van der Waals surface area contributed by atoms with Crippen molar-refractivity contribution in [2.75, 3.05) is 26.2 Å². The van der Waals surface area contributed by atoms with Crippen molar-refractivity contribution < 1.29 is 24.0 Å². The normalized spacial score (nSPS) is 13.6. The van der Waals surface area contributed by atoms with E-state index in [1.54, 1.807) is 0 Å². The number of para-hydroxylation sites is 1. The van der Waals surface area contributed by atoms with Crippen molar-refractivity contribution in [1.29, 1.82) is 0 Å². The molecule has 11 N–H and O–H groups in total. The fraction of sp³-hybridized carbons (Fsp3) is 0.675. The van der Waals surface area contributed by atoms with E-state index in [9.17, 15) is 24.0 Å². The largest absolute Gasteiger partial charge is 0.370 e. The van der Waals surface area contributed by atoms with Gasteiger partial charge >= 0.3 is 12.1 Å². The minimum Gasteiger partial charge on any atom is -0.370 e. The SMILES string of the molecule is CCNC(=O)N[C@@H](CCCCN)CCC(=O)C[C@H](CNC(=O)N[C@@H](CCCCN)CCC(=O)C[C@H](CCC(N)=O)C(C)C)Cc1c[nH]c2ccccc12. The summed E-state index contributed by atoms with van der Waals surface area (Å²) in [5, 5.41) is 13.0. The van der Waals surface area contributed by atoms with Gasteiger partial charge in [-0.25, -0.2) is 9.59 Å². The smallest absolute Gasteiger partial charge is 0.315 e. The zero-order valence-electron chi connectivity index (χ0n) is 32.5. The molecule has 0 radical (unpaired) electrons. The first-order chi connectivity index (χ1) is 25.4. The molecule has 0 fully saturated rings. The highest BCUT2D eigenvalue weighted by Crippen LogP contribution is 2.24. The van der Waals surface area contributed by atoms with E-state index in [-0.39, 0.29) is 72.2 Å². The first-order valence-electron chi connectivity index (χ1n) is 19.8. The van der Waals surface area contributed by atoms with Crippen LogP contribution < -0.4 is 38.5 Å². The molecule has 1 aromatic carbocycles. The monoisotopic (exact) mass is 741 g/mol. The average Bonchev–Trinajstić information content (AvgIpc) is 3.52. The van der Waals surface area contributed by atoms with Crippen molar-refractivity contribution in [2.45, 2.75) is 129 Å². The van der Waals surface area contributed by atoms with Crippen LogP contribution in [0.3, 0.4) is 0 Å². The summed E-state index contributed by atoms with van der Waals surface area (Å²) in [5.41, 5.74) is 18.9. The summed E-state index contributed by atoms with van der Waals surface area (Å²) in [6.07, 6.45) is 10.5. The lowest BCUT2D eigenvalue weighted by Gasteiger charge is -2.23. The molecule has 4 atom stereocenters. The minimum absolute atomic E-state index is 0.0762. The molecule has 0 unspecified atom stereocenters. The highest BCUT2D eigenvalue weighted by atomic mass is 16.2. The molecule has 0 saturated carbocycles. The second-order valence-electron chi connectivity index (χ2n) is 14.8. The van der Waals surface area contributed by atoms with Crippen LogP contribution in [0.15, 0.2) is 30.5 Å². The third kappa shape index (κ3) is 19.1. The fourth-order valence-corrected chi connectivity index (χ4v) is 6.83. The summed E-state index contributed by atoms with van der Waals surface area (Å²) in [6, 6.07) is 7.09. The maximum Gasteiger partial charge on any atom is 0.315 e. The number of nitrogens with two attached hydrogens (primary N) is 3. The molecule has 298 valence electrons. The van der Waals surface area contributed by atoms with E-state index in [0.717, 1.165) is 48.6 Å². The van der Waals surface area contributed by atoms with Crippen LogP contribution in [0, 0.1) is 17.8 Å². The Labute approximate surface area is 316 Å². The van der Waals surface area contributed by atoms with Crippen LogP contribution in [0.25, 0.3) is 10.9 Å². The van der Waals surface area contributed by atoms with Gasteiger partial charge in [-0.1, -0.05) is 44.9 Å². The molecule has 2 rings (SSSR count). The number of amides is 5. The number of fused-ring (bicyclic) bond motifs is 1. The Morgan fingerprint density at radius 2 is 1.32 bits per heavy atom. The standard InChI is InChI=1S/C40H68N8O5/c1-4-44-39(52)47-32(11-7-9-21-41)16-18-34(49)24-29(23-31-27-45-37-14-6-5-13-36(31)37)26-46-40(53)48-33(12-8-10-22-42)17-19-35(50)25-30(28(2)3)15-20-38(43)51/h5-6,13-14,27-30,32-33,45H,4,7-12,15-26,41-42H2,1-3H3,(H2,43,51)(H2,44,47,52)(H2,46,48,53)/t29-,30+,32+,33+/m1/s1. The van der Waals surface area contributed by atoms with Crippen molar-refractivity contribution in [3.63, 3.8) is 0 Å². The van der Waals surface area contributed by atoms with E-state index in [4.69, 9.17) is 17.2 Å². The summed E-state index contributed by atoms with van der Waals surface area (Å²) in [6.45, 7) is 7.89. The number of unbranched alkanes of at least 4 members (excludes halogenated alkanes) is 2. The quantitative estimate of drug-likeness (QED) is 0.0535. The fourth-order valence-electron chi connectivity index (χ4n) is 6.83. The Hall–Kier alpha value is -3.97. The maximum atomic E-state index is 13.5. The molecular weight excluding hydrogens is 672 g/mol. The van der Waals surface area contributed by atoms with E-state index in [1.165, 1.54) is 0 Å². The van der Waals surface area contributed by atoms with E-state index < -0.39 is 0 Å². The van der Waals surface area contributed by atoms with Crippen molar-refractivity contribution in [3.05, 3.63) is 36.0 Å². The Kier molecular flexibility index (Phi) is 22.1. The van der Waals surface area contributed by atoms with Gasteiger partial charge < -0.3 is 43.5 Å². The maximum absolute atomic E-state index is 13.5. The zero-order chi connectivity index (χ0) is 39.0. The molecule has 0 bridgehead atoms. The Bertz CT molecular complexity index is 1400. The van der Waals surface area contributed by atoms with Crippen LogP contribution in [0.4, 0.5) is 9.59 Å². The number of ketones is 2. The van der Waals surface area contributed by atoms with Gasteiger partial charge in [0.25, 0.3) is 0 Å². The van der Waals surface area contributed by atoms with Gasteiger partial charge in [0.15, 0.2) is 0 Å². The average molecular weight is 741 g/mol. The van der Waals surface area contributed by atoms with Gasteiger partial charge in [-0.05, 0) is 101 Å². The van der Waals surface area contributed by atoms with Crippen LogP contribution in [-0.2, 0) is 20.8 Å². The molecule has 0 aliphatic carbocycles. The highest BCUT2D eigenvalue weighted by molar-refractivity contribution is 5.84. The summed E-state index contributed by atoms with van der Waals surface area (Å²) >= 11 is 0. The van der Waals surface area contributed by atoms with Gasteiger partial charge in [0.1, 0.15) is 11.6 Å². The number of hydrogen-bond acceptors (Lipinski definition) is 7. The number of rotatable bonds is 29. The number of hydrogen-bond donors (Lipinski definition) is 8. The number of H-pyrrole nitrogens is 1. The predicted molar refractivity (Wildman–Crippen MR) is 212 cm³/mol. The molecular formula is C40H68N8O5. The van der Waals surface area contributed by atoms with E-state index in [1.807, 2.05) is 51.2 Å². The number of Topliss-reactive ketones (excluding diaryl/α,β-unsaturated/α-hetero) is 2. The highest BCUT2D eigenvalue weighted by Gasteiger charge is 2.23. The lowest BCUT2D eigenvalue weighted by Crippen LogP contribution is -2.44. The molecule has 0 saturated heterocycles. The lowest BCUT2D eigenvalue weighted by molar-refractivity contribution is -0.122. The Balaban J connectivity index is 2.07. The molecule has 5 amide bonds. The van der Waals surface area contributed by atoms with Crippen LogP contribution in [-0.4, -0.2) is 72.8 Å². The van der Waals surface area contributed by atoms with Crippen LogP contribution >= 0.6 is 0 Å². The lowest BCUT2D eigenvalue weighted by atomic mass is 9.85. The number of carbonyl (C=O) groups excluding carboxylic acids is 5. The molecule has 13 nitrogen and oxygen atoms in total. The summed E-state index contributed by atoms with van der Waals surface area (Å²) in [5.74, 6) is -0.00714. The number of aromatic amines is 1. The van der Waals surface area contributed by atoms with Gasteiger partial charge in [-0.3, -0.25) is 14.4 Å². The molecule has 1 aromatic heterocycles. The molecule has 2 aromatic rings. The minimum atomic E-state index is -0.361. The van der Waals surface area contributed by atoms with Crippen LogP contribution in [0.5, 0.6) is 0 Å². The van der Waals surface area contributed by atoms with E-state index in [0.29, 0.717) is 77.5 Å². The third-order valence-corrected chi connectivity index (χ3v) is 10.0. The molecule has 0 spiro atoms. The first-order valence-corrected chi connectivity index (χ1v) is 19.8. The molecule has 0 aliphatic heterocycles. The Morgan fingerprint density at radius 3 is 1.89 bits per heavy atom. The summed E-state index contributed by atoms with van der Waals surface area (Å²) < 4.78 is 0. The Morgan fingerprint density at radius 1 is 0.736 bits per heavy atom. The summed E-state index contributed by atoms with van der Waals surface area (Å²) in [7, 11) is 0. The number of urea groups is 2. The van der Waals surface area contributed by atoms with Gasteiger partial charge in [0, 0.05) is 74.4 Å². The third-order valence-electron chi connectivity index (χ3n) is 10.0. The van der Waals surface area contributed by atoms with Crippen LogP contribution in [0.2, 0.25) is 0 Å². The summed E-state index contributed by atoms with van der Waals surface area (Å²) in [4.78, 5) is 66.7. The van der Waals surface area contributed by atoms with Crippen molar-refractivity contribution >= 4 is 40.4 Å². The number of nitrogens with one attached hydrogen (secondary N) is 5. The molecule has 53 heavy (non-hydrogen) atoms. The van der Waals surface area contributed by atoms with Crippen molar-refractivity contribution in [3.8, 4) is 0 Å². The second kappa shape index (κ2) is 25.9. The molecule has 1 heterocycles.